The molecule has 144 valence electrons. The van der Waals surface area contributed by atoms with Crippen molar-refractivity contribution >= 4 is 0 Å². The van der Waals surface area contributed by atoms with Crippen LogP contribution >= 0.6 is 0 Å². The number of benzene rings is 1. The maximum atomic E-state index is 12.5. The number of phenolic OH excluding ortho intramolecular Hbond substituents is 1. The Labute approximate surface area is 156 Å². The number of rotatable bonds is 5. The van der Waals surface area contributed by atoms with Crippen molar-refractivity contribution in [2.24, 2.45) is 23.2 Å². The van der Waals surface area contributed by atoms with Crippen molar-refractivity contribution < 1.29 is 14.6 Å². The molecule has 1 aromatic rings. The van der Waals surface area contributed by atoms with Crippen LogP contribution in [0.4, 0.5) is 4.39 Å². The highest BCUT2D eigenvalue weighted by molar-refractivity contribution is 5.40. The van der Waals surface area contributed by atoms with E-state index >= 15 is 0 Å². The molecular formula is C23H33FO2. The van der Waals surface area contributed by atoms with Crippen LogP contribution in [0.25, 0.3) is 0 Å². The molecular weight excluding hydrogens is 327 g/mol. The molecule has 26 heavy (non-hydrogen) atoms. The molecule has 0 spiro atoms. The zero-order chi connectivity index (χ0) is 18.3. The number of aliphatic hydroxyl groups excluding tert-OH is 1. The van der Waals surface area contributed by atoms with Crippen LogP contribution in [0.5, 0.6) is 5.75 Å². The molecule has 2 nitrogen and oxygen atoms in total. The standard InChI is InChI=1S/C23H33FO2/c1-23-11-10-19-18-7-6-17(25)14-16(18)13-15(5-3-2-4-12-24)22(19)20(23)8-9-21(23)26/h6-7,14-15,19-22,25-26H,2-5,8-13H2,1H3/t15-,19-,20+,21+,22-,23+/m1/s1. The lowest BCUT2D eigenvalue weighted by atomic mass is 9.52. The van der Waals surface area contributed by atoms with E-state index < -0.39 is 0 Å². The molecule has 2 fully saturated rings. The average molecular weight is 361 g/mol. The Balaban J connectivity index is 1.64. The van der Waals surface area contributed by atoms with E-state index in [0.29, 0.717) is 35.8 Å². The van der Waals surface area contributed by atoms with Crippen molar-refractivity contribution in [3.05, 3.63) is 29.3 Å². The number of phenols is 1. The van der Waals surface area contributed by atoms with Crippen molar-refractivity contribution in [3.8, 4) is 5.75 Å². The third kappa shape index (κ3) is 2.96. The average Bonchev–Trinajstić information content (AvgIpc) is 2.93. The van der Waals surface area contributed by atoms with Gasteiger partial charge < -0.3 is 10.2 Å². The van der Waals surface area contributed by atoms with Crippen LogP contribution in [0.3, 0.4) is 0 Å². The van der Waals surface area contributed by atoms with E-state index in [4.69, 9.17) is 0 Å². The van der Waals surface area contributed by atoms with Crippen molar-refractivity contribution in [3.63, 3.8) is 0 Å². The lowest BCUT2D eigenvalue weighted by molar-refractivity contribution is -0.0396. The summed E-state index contributed by atoms with van der Waals surface area (Å²) in [5.41, 5.74) is 2.84. The first-order valence-corrected chi connectivity index (χ1v) is 10.6. The number of aromatic hydroxyl groups is 1. The fraction of sp³-hybridized carbons (Fsp3) is 0.739. The van der Waals surface area contributed by atoms with E-state index in [0.717, 1.165) is 51.4 Å². The van der Waals surface area contributed by atoms with E-state index in [1.807, 2.05) is 12.1 Å². The molecule has 2 N–H and O–H groups in total. The Hall–Kier alpha value is -1.09. The Morgan fingerprint density at radius 3 is 2.81 bits per heavy atom. The van der Waals surface area contributed by atoms with Gasteiger partial charge in [0.25, 0.3) is 0 Å². The molecule has 1 aromatic carbocycles. The van der Waals surface area contributed by atoms with Gasteiger partial charge in [0.05, 0.1) is 12.8 Å². The second-order valence-corrected chi connectivity index (χ2v) is 9.31. The molecule has 3 aliphatic carbocycles. The number of halogens is 1. The summed E-state index contributed by atoms with van der Waals surface area (Å²) in [5, 5.41) is 20.6. The summed E-state index contributed by atoms with van der Waals surface area (Å²) in [6, 6.07) is 5.96. The number of aliphatic hydroxyl groups is 1. The van der Waals surface area contributed by atoms with Gasteiger partial charge in [0.1, 0.15) is 5.75 Å². The first-order valence-electron chi connectivity index (χ1n) is 10.6. The van der Waals surface area contributed by atoms with Crippen molar-refractivity contribution in [1.29, 1.82) is 0 Å². The predicted molar refractivity (Wildman–Crippen MR) is 102 cm³/mol. The molecule has 0 amide bonds. The molecule has 2 saturated carbocycles. The van der Waals surface area contributed by atoms with Gasteiger partial charge in [-0.25, -0.2) is 0 Å². The number of hydrogen-bond acceptors (Lipinski definition) is 2. The summed E-state index contributed by atoms with van der Waals surface area (Å²) in [4.78, 5) is 0. The summed E-state index contributed by atoms with van der Waals surface area (Å²) < 4.78 is 12.5. The molecule has 0 aromatic heterocycles. The second kappa shape index (κ2) is 7.14. The first kappa shape index (κ1) is 18.3. The van der Waals surface area contributed by atoms with Gasteiger partial charge in [-0.05, 0) is 97.3 Å². The number of alkyl halides is 1. The van der Waals surface area contributed by atoms with Crippen molar-refractivity contribution in [2.75, 3.05) is 6.67 Å². The molecule has 0 bridgehead atoms. The van der Waals surface area contributed by atoms with Gasteiger partial charge >= 0.3 is 0 Å². The Bertz CT molecular complexity index is 645. The monoisotopic (exact) mass is 360 g/mol. The largest absolute Gasteiger partial charge is 0.508 e. The molecule has 3 heteroatoms. The molecule has 4 rings (SSSR count). The van der Waals surface area contributed by atoms with Gasteiger partial charge in [-0.15, -0.1) is 0 Å². The van der Waals surface area contributed by atoms with Crippen LogP contribution in [-0.4, -0.2) is 23.0 Å². The topological polar surface area (TPSA) is 40.5 Å². The summed E-state index contributed by atoms with van der Waals surface area (Å²) in [7, 11) is 0. The molecule has 0 aliphatic heterocycles. The van der Waals surface area contributed by atoms with Gasteiger partial charge in [0, 0.05) is 0 Å². The van der Waals surface area contributed by atoms with Gasteiger partial charge in [-0.3, -0.25) is 4.39 Å². The van der Waals surface area contributed by atoms with Crippen LogP contribution in [-0.2, 0) is 6.42 Å². The van der Waals surface area contributed by atoms with Crippen LogP contribution in [0.1, 0.15) is 75.3 Å². The molecule has 0 heterocycles. The van der Waals surface area contributed by atoms with Gasteiger partial charge in [0.2, 0.25) is 0 Å². The zero-order valence-electron chi connectivity index (χ0n) is 16.0. The zero-order valence-corrected chi connectivity index (χ0v) is 16.0. The van der Waals surface area contributed by atoms with E-state index in [1.165, 1.54) is 11.1 Å². The van der Waals surface area contributed by atoms with Crippen LogP contribution in [0.2, 0.25) is 0 Å². The Morgan fingerprint density at radius 1 is 1.15 bits per heavy atom. The SMILES string of the molecule is C[C@]12CC[C@@H]3c4ccc(O)cc4C[C@@H](CCCCCF)[C@H]3[C@@H]1CC[C@@H]2O. The number of fused-ring (bicyclic) bond motifs is 5. The normalized spacial score (nSPS) is 38.5. The maximum Gasteiger partial charge on any atom is 0.115 e. The Kier molecular flexibility index (Phi) is 5.02. The van der Waals surface area contributed by atoms with Crippen LogP contribution in [0, 0.1) is 23.2 Å². The smallest absolute Gasteiger partial charge is 0.115 e. The summed E-state index contributed by atoms with van der Waals surface area (Å²) in [5.74, 6) is 2.77. The third-order valence-corrected chi connectivity index (χ3v) is 8.04. The third-order valence-electron chi connectivity index (χ3n) is 8.04. The molecule has 0 radical (unpaired) electrons. The predicted octanol–water partition coefficient (Wildman–Crippen LogP) is 5.37. The number of hydrogen-bond donors (Lipinski definition) is 2. The molecule has 0 unspecified atom stereocenters. The van der Waals surface area contributed by atoms with Crippen molar-refractivity contribution in [2.45, 2.75) is 76.7 Å². The van der Waals surface area contributed by atoms with E-state index in [2.05, 4.69) is 13.0 Å². The molecule has 0 saturated heterocycles. The molecule has 6 atom stereocenters. The minimum absolute atomic E-state index is 0.0762. The molecule has 3 aliphatic rings. The second-order valence-electron chi connectivity index (χ2n) is 9.31. The highest BCUT2D eigenvalue weighted by atomic mass is 19.1. The number of unbranched alkanes of at least 4 members (excludes halogenated alkanes) is 2. The van der Waals surface area contributed by atoms with E-state index in [9.17, 15) is 14.6 Å². The van der Waals surface area contributed by atoms with E-state index in [1.54, 1.807) is 0 Å². The maximum absolute atomic E-state index is 12.5. The lowest BCUT2D eigenvalue weighted by Crippen LogP contribution is -2.47. The van der Waals surface area contributed by atoms with E-state index in [-0.39, 0.29) is 18.2 Å². The van der Waals surface area contributed by atoms with Crippen molar-refractivity contribution in [1.82, 2.24) is 0 Å². The minimum Gasteiger partial charge on any atom is -0.508 e. The van der Waals surface area contributed by atoms with Crippen LogP contribution < -0.4 is 0 Å². The lowest BCUT2D eigenvalue weighted by Gasteiger charge is -2.53. The minimum atomic E-state index is -0.208. The fourth-order valence-corrected chi connectivity index (χ4v) is 6.71. The fourth-order valence-electron chi connectivity index (χ4n) is 6.71. The summed E-state index contributed by atoms with van der Waals surface area (Å²) in [6.07, 6.45) is 9.12. The van der Waals surface area contributed by atoms with Crippen LogP contribution in [0.15, 0.2) is 18.2 Å². The Morgan fingerprint density at radius 2 is 2.00 bits per heavy atom. The highest BCUT2D eigenvalue weighted by Crippen LogP contribution is 2.62. The van der Waals surface area contributed by atoms with Gasteiger partial charge in [0.15, 0.2) is 0 Å². The quantitative estimate of drug-likeness (QED) is 0.694. The summed E-state index contributed by atoms with van der Waals surface area (Å²) in [6.45, 7) is 2.11. The highest BCUT2D eigenvalue weighted by Gasteiger charge is 2.56. The van der Waals surface area contributed by atoms with Gasteiger partial charge in [-0.1, -0.05) is 25.8 Å². The first-order chi connectivity index (χ1) is 12.5. The van der Waals surface area contributed by atoms with Gasteiger partial charge in [-0.2, -0.15) is 0 Å². The summed E-state index contributed by atoms with van der Waals surface area (Å²) >= 11 is 0.